The highest BCUT2D eigenvalue weighted by Crippen LogP contribution is 2.25. The van der Waals surface area contributed by atoms with Gasteiger partial charge in [0.05, 0.1) is 25.6 Å². The van der Waals surface area contributed by atoms with Gasteiger partial charge in [0.1, 0.15) is 17.2 Å². The monoisotopic (exact) mass is 295 g/mol. The second-order valence-electron chi connectivity index (χ2n) is 4.86. The molecule has 112 valence electrons. The van der Waals surface area contributed by atoms with Crippen molar-refractivity contribution in [3.8, 4) is 28.4 Å². The van der Waals surface area contributed by atoms with Crippen LogP contribution in [0.2, 0.25) is 0 Å². The van der Waals surface area contributed by atoms with E-state index in [9.17, 15) is 0 Å². The minimum Gasteiger partial charge on any atom is -0.497 e. The van der Waals surface area contributed by atoms with E-state index in [4.69, 9.17) is 9.47 Å². The number of methoxy groups -OCH3 is 2. The molecular weight excluding hydrogens is 278 g/mol. The van der Waals surface area contributed by atoms with Crippen molar-refractivity contribution >= 4 is 0 Å². The Morgan fingerprint density at radius 3 is 1.91 bits per heavy atom. The molecule has 0 aliphatic rings. The molecule has 5 nitrogen and oxygen atoms in total. The molecule has 0 N–H and O–H groups in total. The summed E-state index contributed by atoms with van der Waals surface area (Å²) in [6, 6.07) is 15.5. The molecule has 22 heavy (non-hydrogen) atoms. The zero-order chi connectivity index (χ0) is 15.5. The normalized spacial score (nSPS) is 10.5. The van der Waals surface area contributed by atoms with Crippen LogP contribution in [0.4, 0.5) is 0 Å². The van der Waals surface area contributed by atoms with Crippen molar-refractivity contribution in [2.45, 2.75) is 6.92 Å². The molecule has 0 aliphatic heterocycles. The summed E-state index contributed by atoms with van der Waals surface area (Å²) < 4.78 is 12.2. The highest BCUT2D eigenvalue weighted by molar-refractivity contribution is 5.62. The van der Waals surface area contributed by atoms with Crippen LogP contribution in [-0.4, -0.2) is 29.2 Å². The van der Waals surface area contributed by atoms with Gasteiger partial charge in [0.2, 0.25) is 0 Å². The Morgan fingerprint density at radius 1 is 0.818 bits per heavy atom. The Labute approximate surface area is 129 Å². The quantitative estimate of drug-likeness (QED) is 0.741. The highest BCUT2D eigenvalue weighted by atomic mass is 16.5. The van der Waals surface area contributed by atoms with Gasteiger partial charge in [-0.05, 0) is 55.5 Å². The standard InChI is InChI=1S/C17H17N3O2/c1-12-17(13-4-8-15(21-2)9-5-13)18-19-20(12)14-6-10-16(22-3)11-7-14/h4-11H,1-3H3. The number of ether oxygens (including phenoxy) is 2. The summed E-state index contributed by atoms with van der Waals surface area (Å²) in [4.78, 5) is 0. The molecule has 3 aromatic rings. The number of hydrogen-bond acceptors (Lipinski definition) is 4. The fourth-order valence-electron chi connectivity index (χ4n) is 2.31. The molecule has 0 aliphatic carbocycles. The van der Waals surface area contributed by atoms with Crippen molar-refractivity contribution in [2.24, 2.45) is 0 Å². The Balaban J connectivity index is 1.96. The first-order valence-corrected chi connectivity index (χ1v) is 6.94. The molecule has 0 atom stereocenters. The lowest BCUT2D eigenvalue weighted by Gasteiger charge is -2.05. The first kappa shape index (κ1) is 14.1. The van der Waals surface area contributed by atoms with E-state index in [0.717, 1.165) is 34.1 Å². The molecular formula is C17H17N3O2. The van der Waals surface area contributed by atoms with Crippen LogP contribution in [-0.2, 0) is 0 Å². The molecule has 0 amide bonds. The number of rotatable bonds is 4. The van der Waals surface area contributed by atoms with Crippen LogP contribution in [0.15, 0.2) is 48.5 Å². The molecule has 1 aromatic heterocycles. The van der Waals surface area contributed by atoms with Crippen LogP contribution in [0.3, 0.4) is 0 Å². The van der Waals surface area contributed by atoms with Crippen molar-refractivity contribution in [3.05, 3.63) is 54.2 Å². The van der Waals surface area contributed by atoms with E-state index < -0.39 is 0 Å². The summed E-state index contributed by atoms with van der Waals surface area (Å²) in [6.45, 7) is 2.00. The van der Waals surface area contributed by atoms with Gasteiger partial charge in [0.15, 0.2) is 0 Å². The zero-order valence-electron chi connectivity index (χ0n) is 12.8. The molecule has 0 spiro atoms. The average Bonchev–Trinajstić information content (AvgIpc) is 2.96. The van der Waals surface area contributed by atoms with E-state index in [1.807, 2.05) is 60.1 Å². The van der Waals surface area contributed by atoms with Crippen molar-refractivity contribution in [1.29, 1.82) is 0 Å². The van der Waals surface area contributed by atoms with E-state index in [2.05, 4.69) is 10.3 Å². The van der Waals surface area contributed by atoms with Gasteiger partial charge in [0, 0.05) is 5.56 Å². The third-order valence-corrected chi connectivity index (χ3v) is 3.58. The van der Waals surface area contributed by atoms with Gasteiger partial charge in [0.25, 0.3) is 0 Å². The molecule has 1 heterocycles. The molecule has 3 rings (SSSR count). The predicted octanol–water partition coefficient (Wildman–Crippen LogP) is 3.26. The van der Waals surface area contributed by atoms with Crippen molar-refractivity contribution in [3.63, 3.8) is 0 Å². The maximum Gasteiger partial charge on any atom is 0.119 e. The van der Waals surface area contributed by atoms with Gasteiger partial charge in [-0.3, -0.25) is 0 Å². The SMILES string of the molecule is COc1ccc(-c2nnn(-c3ccc(OC)cc3)c2C)cc1. The van der Waals surface area contributed by atoms with Crippen LogP contribution in [0, 0.1) is 6.92 Å². The maximum atomic E-state index is 5.18. The number of benzene rings is 2. The van der Waals surface area contributed by atoms with Gasteiger partial charge in [-0.2, -0.15) is 0 Å². The van der Waals surface area contributed by atoms with Gasteiger partial charge in [-0.15, -0.1) is 5.10 Å². The third-order valence-electron chi connectivity index (χ3n) is 3.58. The molecule has 0 bridgehead atoms. The Bertz CT molecular complexity index is 697. The van der Waals surface area contributed by atoms with Gasteiger partial charge >= 0.3 is 0 Å². The number of hydrogen-bond donors (Lipinski definition) is 0. The van der Waals surface area contributed by atoms with E-state index in [1.54, 1.807) is 14.2 Å². The summed E-state index contributed by atoms with van der Waals surface area (Å²) in [5.41, 5.74) is 3.80. The van der Waals surface area contributed by atoms with Crippen LogP contribution in [0.25, 0.3) is 16.9 Å². The van der Waals surface area contributed by atoms with Crippen molar-refractivity contribution in [1.82, 2.24) is 15.0 Å². The third kappa shape index (κ3) is 2.53. The summed E-state index contributed by atoms with van der Waals surface area (Å²) >= 11 is 0. The molecule has 0 fully saturated rings. The maximum absolute atomic E-state index is 5.18. The fourth-order valence-corrected chi connectivity index (χ4v) is 2.31. The van der Waals surface area contributed by atoms with E-state index in [0.29, 0.717) is 0 Å². The van der Waals surface area contributed by atoms with Crippen LogP contribution in [0.1, 0.15) is 5.69 Å². The lowest BCUT2D eigenvalue weighted by atomic mass is 10.1. The second-order valence-corrected chi connectivity index (χ2v) is 4.86. The summed E-state index contributed by atoms with van der Waals surface area (Å²) in [7, 11) is 3.30. The van der Waals surface area contributed by atoms with Crippen LogP contribution in [0.5, 0.6) is 11.5 Å². The fraction of sp³-hybridized carbons (Fsp3) is 0.176. The molecule has 0 saturated carbocycles. The number of aromatic nitrogens is 3. The van der Waals surface area contributed by atoms with E-state index in [1.165, 1.54) is 0 Å². The Morgan fingerprint density at radius 2 is 1.36 bits per heavy atom. The predicted molar refractivity (Wildman–Crippen MR) is 84.6 cm³/mol. The molecule has 0 saturated heterocycles. The van der Waals surface area contributed by atoms with E-state index in [-0.39, 0.29) is 0 Å². The number of nitrogens with zero attached hydrogens (tertiary/aromatic N) is 3. The Kier molecular flexibility index (Phi) is 3.78. The van der Waals surface area contributed by atoms with E-state index >= 15 is 0 Å². The second kappa shape index (κ2) is 5.89. The average molecular weight is 295 g/mol. The summed E-state index contributed by atoms with van der Waals surface area (Å²) in [5.74, 6) is 1.64. The van der Waals surface area contributed by atoms with Crippen molar-refractivity contribution in [2.75, 3.05) is 14.2 Å². The molecule has 2 aromatic carbocycles. The van der Waals surface area contributed by atoms with Gasteiger partial charge in [-0.1, -0.05) is 5.21 Å². The smallest absolute Gasteiger partial charge is 0.119 e. The topological polar surface area (TPSA) is 49.2 Å². The van der Waals surface area contributed by atoms with Crippen LogP contribution >= 0.6 is 0 Å². The van der Waals surface area contributed by atoms with Gasteiger partial charge in [-0.25, -0.2) is 4.68 Å². The largest absolute Gasteiger partial charge is 0.497 e. The lowest BCUT2D eigenvalue weighted by Crippen LogP contribution is -1.99. The molecule has 0 unspecified atom stereocenters. The Hall–Kier alpha value is -2.82. The first-order valence-electron chi connectivity index (χ1n) is 6.94. The lowest BCUT2D eigenvalue weighted by molar-refractivity contribution is 0.414. The highest BCUT2D eigenvalue weighted by Gasteiger charge is 2.12. The minimum atomic E-state index is 0.817. The minimum absolute atomic E-state index is 0.817. The first-order chi connectivity index (χ1) is 10.7. The summed E-state index contributed by atoms with van der Waals surface area (Å²) in [6.07, 6.45) is 0. The zero-order valence-corrected chi connectivity index (χ0v) is 12.8. The molecule has 0 radical (unpaired) electrons. The summed E-state index contributed by atoms with van der Waals surface area (Å²) in [5, 5.41) is 8.56. The van der Waals surface area contributed by atoms with Gasteiger partial charge < -0.3 is 9.47 Å². The van der Waals surface area contributed by atoms with Crippen molar-refractivity contribution < 1.29 is 9.47 Å². The molecule has 5 heteroatoms. The van der Waals surface area contributed by atoms with Crippen LogP contribution < -0.4 is 9.47 Å².